The molecule has 2 heterocycles. The van der Waals surface area contributed by atoms with Crippen molar-refractivity contribution < 1.29 is 4.79 Å². The largest absolute Gasteiger partial charge is 0.348 e. The number of hydrogen-bond donors (Lipinski definition) is 2. The molecule has 0 aromatic carbocycles. The van der Waals surface area contributed by atoms with E-state index in [1.54, 1.807) is 11.3 Å². The summed E-state index contributed by atoms with van der Waals surface area (Å²) in [6.45, 7) is 7.57. The third-order valence-electron chi connectivity index (χ3n) is 3.33. The minimum absolute atomic E-state index is 0. The van der Waals surface area contributed by atoms with Crippen molar-refractivity contribution in [2.24, 2.45) is 0 Å². The predicted octanol–water partition coefficient (Wildman–Crippen LogP) is 1.64. The molecule has 1 amide bonds. The Morgan fingerprint density at radius 3 is 3.11 bits per heavy atom. The minimum Gasteiger partial charge on any atom is -0.348 e. The monoisotopic (exact) mass is 303 g/mol. The van der Waals surface area contributed by atoms with Gasteiger partial charge in [0.05, 0.1) is 12.6 Å². The van der Waals surface area contributed by atoms with Crippen LogP contribution in [0.1, 0.15) is 24.8 Å². The molecule has 0 bridgehead atoms. The van der Waals surface area contributed by atoms with E-state index in [2.05, 4.69) is 28.5 Å². The average molecular weight is 304 g/mol. The predicted molar refractivity (Wildman–Crippen MR) is 82.0 cm³/mol. The van der Waals surface area contributed by atoms with Gasteiger partial charge in [-0.3, -0.25) is 9.69 Å². The molecular weight excluding hydrogens is 282 g/mol. The fraction of sp³-hybridized carbons (Fsp3) is 0.615. The molecule has 2 unspecified atom stereocenters. The van der Waals surface area contributed by atoms with Crippen molar-refractivity contribution in [3.05, 3.63) is 22.4 Å². The topological polar surface area (TPSA) is 44.4 Å². The third kappa shape index (κ3) is 4.76. The molecule has 2 N–H and O–H groups in total. The molecule has 0 saturated carbocycles. The molecule has 1 fully saturated rings. The number of amides is 1. The molecule has 2 atom stereocenters. The van der Waals surface area contributed by atoms with Gasteiger partial charge in [0.25, 0.3) is 0 Å². The van der Waals surface area contributed by atoms with E-state index < -0.39 is 0 Å². The first-order valence-corrected chi connectivity index (χ1v) is 7.32. The van der Waals surface area contributed by atoms with Crippen molar-refractivity contribution in [1.82, 2.24) is 15.5 Å². The van der Waals surface area contributed by atoms with Crippen LogP contribution in [0.15, 0.2) is 17.5 Å². The molecule has 19 heavy (non-hydrogen) atoms. The standard InChI is InChI=1S/C13H21N3OS.ClH/c1-10-8-14-5-6-16(10)9-13(17)15-11(2)12-4-3-7-18-12;/h3-4,7,10-11,14H,5-6,8-9H2,1-2H3,(H,15,17);1H. The van der Waals surface area contributed by atoms with Gasteiger partial charge in [0, 0.05) is 30.6 Å². The summed E-state index contributed by atoms with van der Waals surface area (Å²) in [7, 11) is 0. The Hall–Kier alpha value is -0.620. The summed E-state index contributed by atoms with van der Waals surface area (Å²) in [6, 6.07) is 4.61. The summed E-state index contributed by atoms with van der Waals surface area (Å²) in [5.41, 5.74) is 0. The highest BCUT2D eigenvalue weighted by atomic mass is 35.5. The second-order valence-corrected chi connectivity index (χ2v) is 5.81. The van der Waals surface area contributed by atoms with E-state index in [0.29, 0.717) is 12.6 Å². The van der Waals surface area contributed by atoms with Gasteiger partial charge < -0.3 is 10.6 Å². The van der Waals surface area contributed by atoms with Crippen molar-refractivity contribution >= 4 is 29.7 Å². The fourth-order valence-electron chi connectivity index (χ4n) is 2.20. The molecular formula is C13H22ClN3OS. The van der Waals surface area contributed by atoms with Crippen LogP contribution in [0.3, 0.4) is 0 Å². The molecule has 1 saturated heterocycles. The summed E-state index contributed by atoms with van der Waals surface area (Å²) in [6.07, 6.45) is 0. The fourth-order valence-corrected chi connectivity index (χ4v) is 2.93. The Morgan fingerprint density at radius 2 is 2.47 bits per heavy atom. The highest BCUT2D eigenvalue weighted by Gasteiger charge is 2.21. The molecule has 4 nitrogen and oxygen atoms in total. The van der Waals surface area contributed by atoms with Crippen LogP contribution in [0.2, 0.25) is 0 Å². The molecule has 108 valence electrons. The van der Waals surface area contributed by atoms with Gasteiger partial charge in [0.2, 0.25) is 5.91 Å². The van der Waals surface area contributed by atoms with Crippen LogP contribution in [0.4, 0.5) is 0 Å². The minimum atomic E-state index is 0. The molecule has 0 spiro atoms. The molecule has 0 aliphatic carbocycles. The summed E-state index contributed by atoms with van der Waals surface area (Å²) in [4.78, 5) is 15.4. The number of nitrogens with one attached hydrogen (secondary N) is 2. The van der Waals surface area contributed by atoms with Gasteiger partial charge in [-0.05, 0) is 25.3 Å². The van der Waals surface area contributed by atoms with Gasteiger partial charge in [-0.25, -0.2) is 0 Å². The van der Waals surface area contributed by atoms with E-state index in [1.165, 1.54) is 4.88 Å². The lowest BCUT2D eigenvalue weighted by Gasteiger charge is -2.33. The second-order valence-electron chi connectivity index (χ2n) is 4.83. The maximum atomic E-state index is 12.0. The lowest BCUT2D eigenvalue weighted by Crippen LogP contribution is -2.52. The highest BCUT2D eigenvalue weighted by Crippen LogP contribution is 2.17. The first kappa shape index (κ1) is 16.4. The number of piperazine rings is 1. The van der Waals surface area contributed by atoms with Crippen molar-refractivity contribution in [3.63, 3.8) is 0 Å². The van der Waals surface area contributed by atoms with E-state index >= 15 is 0 Å². The number of nitrogens with zero attached hydrogens (tertiary/aromatic N) is 1. The van der Waals surface area contributed by atoms with Gasteiger partial charge in [-0.1, -0.05) is 6.07 Å². The van der Waals surface area contributed by atoms with Gasteiger partial charge in [0.1, 0.15) is 0 Å². The summed E-state index contributed by atoms with van der Waals surface area (Å²) >= 11 is 1.68. The maximum Gasteiger partial charge on any atom is 0.234 e. The average Bonchev–Trinajstić information content (AvgIpc) is 2.85. The normalized spacial score (nSPS) is 21.5. The molecule has 1 aliphatic heterocycles. The number of thiophene rings is 1. The quantitative estimate of drug-likeness (QED) is 0.889. The highest BCUT2D eigenvalue weighted by molar-refractivity contribution is 7.10. The first-order valence-electron chi connectivity index (χ1n) is 6.44. The van der Waals surface area contributed by atoms with Crippen LogP contribution >= 0.6 is 23.7 Å². The van der Waals surface area contributed by atoms with E-state index in [9.17, 15) is 4.79 Å². The number of rotatable bonds is 4. The summed E-state index contributed by atoms with van der Waals surface area (Å²) < 4.78 is 0. The Balaban J connectivity index is 0.00000180. The molecule has 0 radical (unpaired) electrons. The number of carbonyl (C=O) groups excluding carboxylic acids is 1. The molecule has 1 aromatic rings. The van der Waals surface area contributed by atoms with Gasteiger partial charge >= 0.3 is 0 Å². The molecule has 1 aliphatic rings. The van der Waals surface area contributed by atoms with Crippen molar-refractivity contribution in [1.29, 1.82) is 0 Å². The Labute approximate surface area is 125 Å². The Kier molecular flexibility index (Phi) is 6.79. The van der Waals surface area contributed by atoms with Crippen LogP contribution in [0.25, 0.3) is 0 Å². The van der Waals surface area contributed by atoms with Crippen molar-refractivity contribution in [3.8, 4) is 0 Å². The van der Waals surface area contributed by atoms with Gasteiger partial charge in [-0.2, -0.15) is 0 Å². The summed E-state index contributed by atoms with van der Waals surface area (Å²) in [5, 5.41) is 8.43. The van der Waals surface area contributed by atoms with Crippen molar-refractivity contribution in [2.45, 2.75) is 25.9 Å². The second kappa shape index (κ2) is 7.85. The van der Waals surface area contributed by atoms with E-state index in [-0.39, 0.29) is 24.4 Å². The lowest BCUT2D eigenvalue weighted by molar-refractivity contribution is -0.123. The molecule has 2 rings (SSSR count). The van der Waals surface area contributed by atoms with Crippen LogP contribution in [-0.4, -0.2) is 43.0 Å². The van der Waals surface area contributed by atoms with E-state index in [4.69, 9.17) is 0 Å². The Morgan fingerprint density at radius 1 is 1.68 bits per heavy atom. The number of carbonyl (C=O) groups is 1. The van der Waals surface area contributed by atoms with Gasteiger partial charge in [-0.15, -0.1) is 23.7 Å². The zero-order valence-electron chi connectivity index (χ0n) is 11.4. The molecule has 6 heteroatoms. The number of halogens is 1. The summed E-state index contributed by atoms with van der Waals surface area (Å²) in [5.74, 6) is 0.115. The van der Waals surface area contributed by atoms with Crippen LogP contribution in [-0.2, 0) is 4.79 Å². The zero-order chi connectivity index (χ0) is 13.0. The lowest BCUT2D eigenvalue weighted by atomic mass is 10.2. The number of hydrogen-bond acceptors (Lipinski definition) is 4. The molecule has 1 aromatic heterocycles. The zero-order valence-corrected chi connectivity index (χ0v) is 13.0. The Bertz CT molecular complexity index is 385. The van der Waals surface area contributed by atoms with E-state index in [0.717, 1.165) is 19.6 Å². The third-order valence-corrected chi connectivity index (χ3v) is 4.39. The van der Waals surface area contributed by atoms with Crippen LogP contribution in [0, 0.1) is 0 Å². The van der Waals surface area contributed by atoms with Gasteiger partial charge in [0.15, 0.2) is 0 Å². The maximum absolute atomic E-state index is 12.0. The first-order chi connectivity index (χ1) is 8.66. The van der Waals surface area contributed by atoms with E-state index in [1.807, 2.05) is 18.4 Å². The smallest absolute Gasteiger partial charge is 0.234 e. The van der Waals surface area contributed by atoms with Crippen molar-refractivity contribution in [2.75, 3.05) is 26.2 Å². The van der Waals surface area contributed by atoms with Crippen LogP contribution < -0.4 is 10.6 Å². The SMILES string of the molecule is CC(NC(=O)CN1CCNCC1C)c1cccs1.Cl. The van der Waals surface area contributed by atoms with Crippen LogP contribution in [0.5, 0.6) is 0 Å².